The SMILES string of the molecule is CN(Cc1ccco1)[C@@H]1CCC[C@@H]2CN(C(=O)c3cccs3)C[C@@H]21. The van der Waals surface area contributed by atoms with Crippen molar-refractivity contribution < 1.29 is 9.21 Å². The van der Waals surface area contributed by atoms with Gasteiger partial charge in [-0.1, -0.05) is 12.5 Å². The van der Waals surface area contributed by atoms with Gasteiger partial charge in [0.2, 0.25) is 0 Å². The third-order valence-electron chi connectivity index (χ3n) is 5.63. The second-order valence-electron chi connectivity index (χ2n) is 7.10. The van der Waals surface area contributed by atoms with Crippen molar-refractivity contribution in [2.75, 3.05) is 20.1 Å². The Hall–Kier alpha value is -1.59. The van der Waals surface area contributed by atoms with Crippen molar-refractivity contribution in [3.05, 3.63) is 46.5 Å². The standard InChI is InChI=1S/C19H24N2O2S/c1-20(12-15-6-3-9-23-15)17-7-2-5-14-11-21(13-16(14)17)19(22)18-8-4-10-24-18/h3-4,6,8-10,14,16-17H,2,5,7,11-13H2,1H3/t14-,16+,17-/m1/s1. The molecule has 1 aliphatic heterocycles. The van der Waals surface area contributed by atoms with Gasteiger partial charge < -0.3 is 9.32 Å². The fraction of sp³-hybridized carbons (Fsp3) is 0.526. The summed E-state index contributed by atoms with van der Waals surface area (Å²) in [5.41, 5.74) is 0. The molecule has 0 N–H and O–H groups in total. The van der Waals surface area contributed by atoms with Crippen LogP contribution in [0.2, 0.25) is 0 Å². The summed E-state index contributed by atoms with van der Waals surface area (Å²) in [6.07, 6.45) is 5.47. The van der Waals surface area contributed by atoms with Crippen LogP contribution in [0.1, 0.15) is 34.7 Å². The highest BCUT2D eigenvalue weighted by Gasteiger charge is 2.43. The number of fused-ring (bicyclic) bond motifs is 1. The molecule has 0 unspecified atom stereocenters. The normalized spacial score (nSPS) is 26.8. The van der Waals surface area contributed by atoms with Crippen molar-refractivity contribution in [2.45, 2.75) is 31.8 Å². The summed E-state index contributed by atoms with van der Waals surface area (Å²) >= 11 is 1.55. The number of thiophene rings is 1. The third-order valence-corrected chi connectivity index (χ3v) is 6.49. The largest absolute Gasteiger partial charge is 0.468 e. The minimum Gasteiger partial charge on any atom is -0.468 e. The number of furan rings is 1. The van der Waals surface area contributed by atoms with Crippen LogP contribution in [0.3, 0.4) is 0 Å². The summed E-state index contributed by atoms with van der Waals surface area (Å²) < 4.78 is 5.51. The first-order valence-corrected chi connectivity index (χ1v) is 9.66. The number of hydrogen-bond donors (Lipinski definition) is 0. The number of nitrogens with zero attached hydrogens (tertiary/aromatic N) is 2. The first-order valence-electron chi connectivity index (χ1n) is 8.78. The van der Waals surface area contributed by atoms with Crippen LogP contribution in [0, 0.1) is 11.8 Å². The lowest BCUT2D eigenvalue weighted by molar-refractivity contribution is 0.0771. The fourth-order valence-electron chi connectivity index (χ4n) is 4.48. The minimum absolute atomic E-state index is 0.215. The Bertz CT molecular complexity index is 668. The lowest BCUT2D eigenvalue weighted by Gasteiger charge is -2.38. The van der Waals surface area contributed by atoms with E-state index in [1.807, 2.05) is 29.6 Å². The zero-order valence-corrected chi connectivity index (χ0v) is 14.9. The predicted octanol–water partition coefficient (Wildman–Crippen LogP) is 3.71. The van der Waals surface area contributed by atoms with Gasteiger partial charge in [0.1, 0.15) is 5.76 Å². The quantitative estimate of drug-likeness (QED) is 0.848. The molecule has 3 heterocycles. The molecule has 2 fully saturated rings. The molecule has 0 aromatic carbocycles. The molecule has 2 aromatic heterocycles. The molecule has 0 spiro atoms. The second-order valence-corrected chi connectivity index (χ2v) is 8.05. The summed E-state index contributed by atoms with van der Waals surface area (Å²) in [5, 5.41) is 1.98. The van der Waals surface area contributed by atoms with E-state index in [-0.39, 0.29) is 5.91 Å². The van der Waals surface area contributed by atoms with Crippen molar-refractivity contribution in [2.24, 2.45) is 11.8 Å². The topological polar surface area (TPSA) is 36.7 Å². The van der Waals surface area contributed by atoms with Gasteiger partial charge in [-0.3, -0.25) is 9.69 Å². The molecule has 4 rings (SSSR count). The molecule has 1 aliphatic carbocycles. The number of rotatable bonds is 4. The van der Waals surface area contributed by atoms with Crippen LogP contribution in [0.15, 0.2) is 40.3 Å². The molecule has 2 aliphatic rings. The number of amides is 1. The van der Waals surface area contributed by atoms with E-state index in [0.717, 1.165) is 30.3 Å². The maximum atomic E-state index is 12.7. The Morgan fingerprint density at radius 3 is 3.00 bits per heavy atom. The molecule has 2 aromatic rings. The van der Waals surface area contributed by atoms with Crippen molar-refractivity contribution in [1.82, 2.24) is 9.80 Å². The van der Waals surface area contributed by atoms with Gasteiger partial charge in [-0.05, 0) is 55.3 Å². The Kier molecular flexibility index (Phi) is 4.46. The summed E-state index contributed by atoms with van der Waals surface area (Å²) in [6, 6.07) is 8.42. The first kappa shape index (κ1) is 15.9. The monoisotopic (exact) mass is 344 g/mol. The molecule has 1 saturated carbocycles. The first-order chi connectivity index (χ1) is 11.7. The highest BCUT2D eigenvalue weighted by Crippen LogP contribution is 2.39. The molecular formula is C19H24N2O2S. The molecule has 3 atom stereocenters. The van der Waals surface area contributed by atoms with Crippen molar-refractivity contribution in [1.29, 1.82) is 0 Å². The van der Waals surface area contributed by atoms with E-state index < -0.39 is 0 Å². The summed E-state index contributed by atoms with van der Waals surface area (Å²) in [7, 11) is 2.19. The maximum Gasteiger partial charge on any atom is 0.263 e. The van der Waals surface area contributed by atoms with E-state index >= 15 is 0 Å². The number of likely N-dealkylation sites (tertiary alicyclic amines) is 1. The molecular weight excluding hydrogens is 320 g/mol. The van der Waals surface area contributed by atoms with E-state index in [0.29, 0.717) is 17.9 Å². The zero-order valence-electron chi connectivity index (χ0n) is 14.1. The van der Waals surface area contributed by atoms with Gasteiger partial charge in [0, 0.05) is 19.1 Å². The summed E-state index contributed by atoms with van der Waals surface area (Å²) in [4.78, 5) is 18.1. The van der Waals surface area contributed by atoms with E-state index in [9.17, 15) is 4.79 Å². The lowest BCUT2D eigenvalue weighted by atomic mass is 9.77. The Balaban J connectivity index is 1.45. The maximum absolute atomic E-state index is 12.7. The zero-order chi connectivity index (χ0) is 16.5. The molecule has 5 heteroatoms. The average molecular weight is 344 g/mol. The van der Waals surface area contributed by atoms with E-state index in [1.54, 1.807) is 17.6 Å². The third kappa shape index (κ3) is 3.03. The van der Waals surface area contributed by atoms with Crippen LogP contribution in [0.25, 0.3) is 0 Å². The summed E-state index contributed by atoms with van der Waals surface area (Å²) in [5.74, 6) is 2.46. The average Bonchev–Trinajstić information content (AvgIpc) is 3.33. The lowest BCUT2D eigenvalue weighted by Crippen LogP contribution is -2.43. The predicted molar refractivity (Wildman–Crippen MR) is 95.0 cm³/mol. The Morgan fingerprint density at radius 2 is 2.25 bits per heavy atom. The van der Waals surface area contributed by atoms with Gasteiger partial charge in [-0.25, -0.2) is 0 Å². The molecule has 0 bridgehead atoms. The van der Waals surface area contributed by atoms with Gasteiger partial charge in [0.15, 0.2) is 0 Å². The van der Waals surface area contributed by atoms with Gasteiger partial charge >= 0.3 is 0 Å². The summed E-state index contributed by atoms with van der Waals surface area (Å²) in [6.45, 7) is 2.67. The van der Waals surface area contributed by atoms with Gasteiger partial charge in [-0.15, -0.1) is 11.3 Å². The van der Waals surface area contributed by atoms with E-state index in [1.165, 1.54) is 19.3 Å². The van der Waals surface area contributed by atoms with Crippen molar-refractivity contribution >= 4 is 17.2 Å². The van der Waals surface area contributed by atoms with Crippen LogP contribution in [-0.2, 0) is 6.54 Å². The van der Waals surface area contributed by atoms with Crippen LogP contribution in [-0.4, -0.2) is 41.9 Å². The smallest absolute Gasteiger partial charge is 0.263 e. The highest BCUT2D eigenvalue weighted by atomic mass is 32.1. The molecule has 128 valence electrons. The Labute approximate surface area is 147 Å². The number of carbonyl (C=O) groups excluding carboxylic acids is 1. The van der Waals surface area contributed by atoms with Crippen molar-refractivity contribution in [3.63, 3.8) is 0 Å². The molecule has 1 saturated heterocycles. The fourth-order valence-corrected chi connectivity index (χ4v) is 5.17. The van der Waals surface area contributed by atoms with Crippen LogP contribution in [0.5, 0.6) is 0 Å². The van der Waals surface area contributed by atoms with Crippen molar-refractivity contribution in [3.8, 4) is 0 Å². The second kappa shape index (κ2) is 6.73. The highest BCUT2D eigenvalue weighted by molar-refractivity contribution is 7.12. The van der Waals surface area contributed by atoms with Gasteiger partial charge in [0.05, 0.1) is 17.7 Å². The minimum atomic E-state index is 0.215. The van der Waals surface area contributed by atoms with Gasteiger partial charge in [-0.2, -0.15) is 0 Å². The van der Waals surface area contributed by atoms with E-state index in [4.69, 9.17) is 4.42 Å². The molecule has 24 heavy (non-hydrogen) atoms. The number of carbonyl (C=O) groups is 1. The van der Waals surface area contributed by atoms with Crippen LogP contribution in [0.4, 0.5) is 0 Å². The van der Waals surface area contributed by atoms with Crippen LogP contribution < -0.4 is 0 Å². The molecule has 0 radical (unpaired) electrons. The molecule has 1 amide bonds. The number of hydrogen-bond acceptors (Lipinski definition) is 4. The molecule has 4 nitrogen and oxygen atoms in total. The van der Waals surface area contributed by atoms with Crippen LogP contribution >= 0.6 is 11.3 Å². The van der Waals surface area contributed by atoms with Gasteiger partial charge in [0.25, 0.3) is 5.91 Å². The van der Waals surface area contributed by atoms with E-state index in [2.05, 4.69) is 16.8 Å². The Morgan fingerprint density at radius 1 is 1.33 bits per heavy atom.